The normalized spacial score (nSPS) is 14.0. The predicted molar refractivity (Wildman–Crippen MR) is 103 cm³/mol. The Balaban J connectivity index is 1.87. The van der Waals surface area contributed by atoms with Crippen molar-refractivity contribution in [2.24, 2.45) is 0 Å². The number of fused-ring (bicyclic) bond motifs is 1. The van der Waals surface area contributed by atoms with E-state index in [4.69, 9.17) is 0 Å². The van der Waals surface area contributed by atoms with Crippen LogP contribution in [0, 0.1) is 5.82 Å². The zero-order valence-corrected chi connectivity index (χ0v) is 14.7. The Labute approximate surface area is 159 Å². The monoisotopic (exact) mass is 374 g/mol. The first kappa shape index (κ1) is 17.6. The van der Waals surface area contributed by atoms with E-state index in [0.717, 1.165) is 21.9 Å². The van der Waals surface area contributed by atoms with Gasteiger partial charge in [0.25, 0.3) is 11.8 Å². The summed E-state index contributed by atoms with van der Waals surface area (Å²) in [6, 6.07) is 16.8. The van der Waals surface area contributed by atoms with Gasteiger partial charge in [0, 0.05) is 0 Å². The summed E-state index contributed by atoms with van der Waals surface area (Å²) in [6.07, 6.45) is 1.90. The number of imide groups is 2. The van der Waals surface area contributed by atoms with Crippen LogP contribution in [0.1, 0.15) is 16.7 Å². The standard InChI is InChI=1S/C22H15FN2O3/c23-16-6-3-4-13(11-16)10-15-9-8-14-5-1-2-7-17(14)18(15)12-19-20(26)24-22(28)25-21(19)27/h1-9,11-12H,10H2,(H2,24,25,26,27,28). The van der Waals surface area contributed by atoms with Gasteiger partial charge in [0.2, 0.25) is 0 Å². The minimum Gasteiger partial charge on any atom is -0.273 e. The van der Waals surface area contributed by atoms with Crippen LogP contribution in [-0.4, -0.2) is 17.8 Å². The molecule has 28 heavy (non-hydrogen) atoms. The van der Waals surface area contributed by atoms with E-state index in [1.807, 2.05) is 42.5 Å². The van der Waals surface area contributed by atoms with Gasteiger partial charge in [-0.3, -0.25) is 20.2 Å². The van der Waals surface area contributed by atoms with Crippen molar-refractivity contribution in [1.29, 1.82) is 0 Å². The second-order valence-electron chi connectivity index (χ2n) is 6.46. The molecular weight excluding hydrogens is 359 g/mol. The van der Waals surface area contributed by atoms with Gasteiger partial charge in [-0.15, -0.1) is 0 Å². The fraction of sp³-hybridized carbons (Fsp3) is 0.0455. The molecule has 138 valence electrons. The summed E-state index contributed by atoms with van der Waals surface area (Å²) in [5.74, 6) is -1.83. The van der Waals surface area contributed by atoms with Crippen LogP contribution >= 0.6 is 0 Å². The molecule has 0 bridgehead atoms. The number of carbonyl (C=O) groups is 3. The number of halogens is 1. The van der Waals surface area contributed by atoms with Gasteiger partial charge in [0.05, 0.1) is 0 Å². The molecule has 1 aliphatic heterocycles. The Morgan fingerprint density at radius 1 is 0.857 bits per heavy atom. The molecule has 1 saturated heterocycles. The largest absolute Gasteiger partial charge is 0.328 e. The molecule has 0 saturated carbocycles. The highest BCUT2D eigenvalue weighted by Gasteiger charge is 2.28. The highest BCUT2D eigenvalue weighted by molar-refractivity contribution is 6.31. The van der Waals surface area contributed by atoms with E-state index < -0.39 is 17.8 Å². The molecular formula is C22H15FN2O3. The number of hydrogen-bond acceptors (Lipinski definition) is 3. The molecule has 0 spiro atoms. The second-order valence-corrected chi connectivity index (χ2v) is 6.46. The molecule has 3 aromatic carbocycles. The first-order valence-corrected chi connectivity index (χ1v) is 8.65. The van der Waals surface area contributed by atoms with Crippen molar-refractivity contribution in [3.8, 4) is 0 Å². The molecule has 2 N–H and O–H groups in total. The number of benzene rings is 3. The van der Waals surface area contributed by atoms with Gasteiger partial charge < -0.3 is 0 Å². The molecule has 0 atom stereocenters. The van der Waals surface area contributed by atoms with Crippen molar-refractivity contribution in [2.75, 3.05) is 0 Å². The lowest BCUT2D eigenvalue weighted by molar-refractivity contribution is -0.123. The summed E-state index contributed by atoms with van der Waals surface area (Å²) in [4.78, 5) is 35.6. The van der Waals surface area contributed by atoms with Crippen LogP contribution in [0.5, 0.6) is 0 Å². The van der Waals surface area contributed by atoms with Crippen molar-refractivity contribution >= 4 is 34.7 Å². The molecule has 4 rings (SSSR count). The first-order chi connectivity index (χ1) is 13.5. The van der Waals surface area contributed by atoms with Crippen molar-refractivity contribution < 1.29 is 18.8 Å². The van der Waals surface area contributed by atoms with Crippen LogP contribution in [0.4, 0.5) is 9.18 Å². The molecule has 1 aliphatic rings. The molecule has 0 aromatic heterocycles. The lowest BCUT2D eigenvalue weighted by Crippen LogP contribution is -2.51. The third kappa shape index (κ3) is 3.40. The molecule has 5 nitrogen and oxygen atoms in total. The summed E-state index contributed by atoms with van der Waals surface area (Å²) >= 11 is 0. The molecule has 6 heteroatoms. The summed E-state index contributed by atoms with van der Waals surface area (Å²) in [6.45, 7) is 0. The Hall–Kier alpha value is -3.80. The second kappa shape index (κ2) is 7.08. The van der Waals surface area contributed by atoms with E-state index in [1.54, 1.807) is 6.07 Å². The smallest absolute Gasteiger partial charge is 0.273 e. The molecule has 0 aliphatic carbocycles. The number of urea groups is 1. The molecule has 3 aromatic rings. The van der Waals surface area contributed by atoms with Gasteiger partial charge in [-0.2, -0.15) is 0 Å². The van der Waals surface area contributed by atoms with Crippen molar-refractivity contribution in [1.82, 2.24) is 10.6 Å². The Kier molecular flexibility index (Phi) is 4.45. The lowest BCUT2D eigenvalue weighted by atomic mass is 9.92. The fourth-order valence-corrected chi connectivity index (χ4v) is 3.28. The maximum atomic E-state index is 13.6. The van der Waals surface area contributed by atoms with Crippen LogP contribution in [0.2, 0.25) is 0 Å². The Morgan fingerprint density at radius 3 is 2.36 bits per heavy atom. The molecule has 0 radical (unpaired) electrons. The average Bonchev–Trinajstić information content (AvgIpc) is 2.65. The van der Waals surface area contributed by atoms with E-state index >= 15 is 0 Å². The minimum atomic E-state index is -0.843. The Bertz CT molecular complexity index is 1150. The predicted octanol–water partition coefficient (Wildman–Crippen LogP) is 3.32. The molecule has 1 heterocycles. The maximum absolute atomic E-state index is 13.6. The number of rotatable bonds is 3. The third-order valence-electron chi connectivity index (χ3n) is 4.58. The summed E-state index contributed by atoms with van der Waals surface area (Å²) < 4.78 is 13.6. The van der Waals surface area contributed by atoms with E-state index in [0.29, 0.717) is 12.0 Å². The highest BCUT2D eigenvalue weighted by Crippen LogP contribution is 2.27. The van der Waals surface area contributed by atoms with Crippen LogP contribution in [0.15, 0.2) is 66.2 Å². The van der Waals surface area contributed by atoms with Gasteiger partial charge >= 0.3 is 6.03 Å². The number of carbonyl (C=O) groups excluding carboxylic acids is 3. The number of amides is 4. The zero-order chi connectivity index (χ0) is 19.7. The van der Waals surface area contributed by atoms with Crippen LogP contribution in [0.25, 0.3) is 16.8 Å². The summed E-state index contributed by atoms with van der Waals surface area (Å²) in [5, 5.41) is 5.94. The van der Waals surface area contributed by atoms with Gasteiger partial charge in [-0.25, -0.2) is 9.18 Å². The molecule has 4 amide bonds. The quantitative estimate of drug-likeness (QED) is 0.546. The Morgan fingerprint density at radius 2 is 1.61 bits per heavy atom. The maximum Gasteiger partial charge on any atom is 0.328 e. The summed E-state index contributed by atoms with van der Waals surface area (Å²) in [5.41, 5.74) is 2.12. The van der Waals surface area contributed by atoms with Gasteiger partial charge in [-0.1, -0.05) is 48.5 Å². The van der Waals surface area contributed by atoms with Crippen molar-refractivity contribution in [3.63, 3.8) is 0 Å². The summed E-state index contributed by atoms with van der Waals surface area (Å²) in [7, 11) is 0. The van der Waals surface area contributed by atoms with Crippen LogP contribution < -0.4 is 10.6 Å². The van der Waals surface area contributed by atoms with E-state index in [9.17, 15) is 18.8 Å². The van der Waals surface area contributed by atoms with Crippen LogP contribution in [-0.2, 0) is 16.0 Å². The number of nitrogens with one attached hydrogen (secondary N) is 2. The zero-order valence-electron chi connectivity index (χ0n) is 14.7. The molecule has 0 unspecified atom stereocenters. The molecule has 1 fully saturated rings. The van der Waals surface area contributed by atoms with Gasteiger partial charge in [0.1, 0.15) is 11.4 Å². The SMILES string of the molecule is O=C1NC(=O)C(=Cc2c(Cc3cccc(F)c3)ccc3ccccc23)C(=O)N1. The topological polar surface area (TPSA) is 75.3 Å². The van der Waals surface area contributed by atoms with Crippen molar-refractivity contribution in [3.05, 3.63) is 88.7 Å². The van der Waals surface area contributed by atoms with E-state index in [-0.39, 0.29) is 11.4 Å². The minimum absolute atomic E-state index is 0.156. The van der Waals surface area contributed by atoms with Crippen LogP contribution in [0.3, 0.4) is 0 Å². The lowest BCUT2D eigenvalue weighted by Gasteiger charge is -2.16. The highest BCUT2D eigenvalue weighted by atomic mass is 19.1. The van der Waals surface area contributed by atoms with Crippen molar-refractivity contribution in [2.45, 2.75) is 6.42 Å². The fourth-order valence-electron chi connectivity index (χ4n) is 3.28. The number of barbiturate groups is 1. The van der Waals surface area contributed by atoms with Gasteiger partial charge in [0.15, 0.2) is 0 Å². The van der Waals surface area contributed by atoms with E-state index in [1.165, 1.54) is 18.2 Å². The number of hydrogen-bond donors (Lipinski definition) is 2. The average molecular weight is 374 g/mol. The first-order valence-electron chi connectivity index (χ1n) is 8.65. The third-order valence-corrected chi connectivity index (χ3v) is 4.58. The van der Waals surface area contributed by atoms with E-state index in [2.05, 4.69) is 10.6 Å². The van der Waals surface area contributed by atoms with Gasteiger partial charge in [-0.05, 0) is 52.1 Å².